The van der Waals surface area contributed by atoms with Crippen LogP contribution in [0.3, 0.4) is 0 Å². The van der Waals surface area contributed by atoms with Gasteiger partial charge < -0.3 is 15.5 Å². The van der Waals surface area contributed by atoms with Crippen molar-refractivity contribution in [1.82, 2.24) is 10.3 Å². The van der Waals surface area contributed by atoms with Gasteiger partial charge in [-0.05, 0) is 31.0 Å². The fourth-order valence-corrected chi connectivity index (χ4v) is 2.78. The van der Waals surface area contributed by atoms with Crippen LogP contribution >= 0.6 is 28.6 Å². The van der Waals surface area contributed by atoms with E-state index in [4.69, 9.17) is 11.6 Å². The SMILES string of the molecule is Br.CC1(C)NCc2cnc3cc(Cl)c(O)c(O)c3c21. The van der Waals surface area contributed by atoms with Crippen molar-refractivity contribution in [3.05, 3.63) is 28.4 Å². The van der Waals surface area contributed by atoms with Gasteiger partial charge in [0.15, 0.2) is 11.5 Å². The first-order valence-corrected chi connectivity index (χ1v) is 6.07. The molecule has 0 amide bonds. The van der Waals surface area contributed by atoms with Gasteiger partial charge in [-0.15, -0.1) is 17.0 Å². The molecule has 1 aromatic heterocycles. The highest BCUT2D eigenvalue weighted by Crippen LogP contribution is 2.45. The van der Waals surface area contributed by atoms with Gasteiger partial charge in [0.1, 0.15) is 0 Å². The molecule has 2 heterocycles. The number of fused-ring (bicyclic) bond motifs is 3. The molecule has 1 aliphatic heterocycles. The minimum Gasteiger partial charge on any atom is -0.504 e. The Hall–Kier alpha value is -1.04. The van der Waals surface area contributed by atoms with Gasteiger partial charge in [0.2, 0.25) is 0 Å². The smallest absolute Gasteiger partial charge is 0.177 e. The predicted molar refractivity (Wildman–Crippen MR) is 80.3 cm³/mol. The molecule has 0 spiro atoms. The molecular formula is C13H14BrClN2O2. The maximum atomic E-state index is 10.1. The van der Waals surface area contributed by atoms with Crippen LogP contribution in [0.4, 0.5) is 0 Å². The van der Waals surface area contributed by atoms with E-state index in [9.17, 15) is 10.2 Å². The van der Waals surface area contributed by atoms with E-state index < -0.39 is 0 Å². The largest absolute Gasteiger partial charge is 0.504 e. The summed E-state index contributed by atoms with van der Waals surface area (Å²) in [5.74, 6) is -0.485. The highest BCUT2D eigenvalue weighted by atomic mass is 79.9. The second kappa shape index (κ2) is 4.51. The molecule has 4 nitrogen and oxygen atoms in total. The summed E-state index contributed by atoms with van der Waals surface area (Å²) in [5, 5.41) is 23.9. The zero-order valence-electron chi connectivity index (χ0n) is 10.5. The number of phenols is 2. The summed E-state index contributed by atoms with van der Waals surface area (Å²) in [6.45, 7) is 4.76. The van der Waals surface area contributed by atoms with E-state index >= 15 is 0 Å². The lowest BCUT2D eigenvalue weighted by Gasteiger charge is -2.22. The molecule has 3 N–H and O–H groups in total. The lowest BCUT2D eigenvalue weighted by atomic mass is 9.91. The second-order valence-corrected chi connectivity index (χ2v) is 5.49. The summed E-state index contributed by atoms with van der Waals surface area (Å²) in [6, 6.07) is 1.57. The number of aromatic nitrogens is 1. The van der Waals surface area contributed by atoms with Gasteiger partial charge in [0.05, 0.1) is 15.9 Å². The summed E-state index contributed by atoms with van der Waals surface area (Å²) in [5.41, 5.74) is 2.32. The third kappa shape index (κ3) is 1.96. The van der Waals surface area contributed by atoms with Gasteiger partial charge >= 0.3 is 0 Å². The summed E-state index contributed by atoms with van der Waals surface area (Å²) in [4.78, 5) is 4.29. The number of nitrogens with one attached hydrogen (secondary N) is 1. The van der Waals surface area contributed by atoms with E-state index in [2.05, 4.69) is 10.3 Å². The molecule has 1 aliphatic rings. The lowest BCUT2D eigenvalue weighted by molar-refractivity contribution is 0.406. The molecule has 0 atom stereocenters. The molecule has 6 heteroatoms. The van der Waals surface area contributed by atoms with Crippen LogP contribution in [-0.2, 0) is 12.1 Å². The number of pyridine rings is 1. The number of benzene rings is 1. The van der Waals surface area contributed by atoms with Crippen molar-refractivity contribution in [2.45, 2.75) is 25.9 Å². The van der Waals surface area contributed by atoms with Crippen molar-refractivity contribution in [2.24, 2.45) is 0 Å². The van der Waals surface area contributed by atoms with E-state index in [-0.39, 0.29) is 39.0 Å². The zero-order chi connectivity index (χ0) is 13.1. The van der Waals surface area contributed by atoms with Crippen LogP contribution in [0.5, 0.6) is 11.5 Å². The van der Waals surface area contributed by atoms with Crippen LogP contribution in [0, 0.1) is 0 Å². The van der Waals surface area contributed by atoms with Crippen molar-refractivity contribution in [3.63, 3.8) is 0 Å². The molecule has 0 unspecified atom stereocenters. The van der Waals surface area contributed by atoms with Crippen molar-refractivity contribution in [3.8, 4) is 11.5 Å². The van der Waals surface area contributed by atoms with Crippen LogP contribution in [0.2, 0.25) is 5.02 Å². The predicted octanol–water partition coefficient (Wildman–Crippen LogP) is 3.22. The Bertz CT molecular complexity index is 673. The molecule has 0 radical (unpaired) electrons. The Kier molecular flexibility index (Phi) is 3.41. The highest BCUT2D eigenvalue weighted by Gasteiger charge is 2.33. The van der Waals surface area contributed by atoms with Crippen LogP contribution in [0.25, 0.3) is 10.9 Å². The monoisotopic (exact) mass is 344 g/mol. The first-order valence-electron chi connectivity index (χ1n) is 5.69. The van der Waals surface area contributed by atoms with Gasteiger partial charge in [-0.3, -0.25) is 4.98 Å². The fourth-order valence-electron chi connectivity index (χ4n) is 2.59. The molecule has 19 heavy (non-hydrogen) atoms. The Morgan fingerprint density at radius 2 is 2.00 bits per heavy atom. The molecule has 3 rings (SSSR count). The van der Waals surface area contributed by atoms with Gasteiger partial charge in [-0.25, -0.2) is 0 Å². The quantitative estimate of drug-likeness (QED) is 0.642. The number of aromatic hydroxyl groups is 2. The summed E-state index contributed by atoms with van der Waals surface area (Å²) >= 11 is 5.85. The average Bonchev–Trinajstić information content (AvgIpc) is 2.62. The lowest BCUT2D eigenvalue weighted by Crippen LogP contribution is -2.29. The van der Waals surface area contributed by atoms with E-state index in [1.54, 1.807) is 12.3 Å². The van der Waals surface area contributed by atoms with Crippen LogP contribution < -0.4 is 5.32 Å². The fraction of sp³-hybridized carbons (Fsp3) is 0.308. The summed E-state index contributed by atoms with van der Waals surface area (Å²) in [6.07, 6.45) is 1.78. The first kappa shape index (κ1) is 14.4. The molecule has 1 aromatic carbocycles. The molecular weight excluding hydrogens is 332 g/mol. The molecule has 2 aromatic rings. The number of hydrogen-bond donors (Lipinski definition) is 3. The van der Waals surface area contributed by atoms with Crippen molar-refractivity contribution < 1.29 is 10.2 Å². The second-order valence-electron chi connectivity index (χ2n) is 5.09. The standard InChI is InChI=1S/C13H13ClN2O2.BrH/c1-13(2)10-6(5-16-13)4-15-8-3-7(14)11(17)12(18)9(8)10;/h3-4,16-18H,5H2,1-2H3;1H. The third-order valence-corrected chi connectivity index (χ3v) is 3.77. The molecule has 0 saturated heterocycles. The number of halogens is 2. The maximum absolute atomic E-state index is 10.1. The van der Waals surface area contributed by atoms with Crippen LogP contribution in [0.1, 0.15) is 25.0 Å². The molecule has 0 fully saturated rings. The molecule has 102 valence electrons. The van der Waals surface area contributed by atoms with E-state index in [0.29, 0.717) is 17.4 Å². The minimum absolute atomic E-state index is 0. The van der Waals surface area contributed by atoms with Crippen molar-refractivity contribution >= 4 is 39.5 Å². The zero-order valence-corrected chi connectivity index (χ0v) is 13.0. The van der Waals surface area contributed by atoms with E-state index in [0.717, 1.165) is 11.1 Å². The Balaban J connectivity index is 0.00000133. The van der Waals surface area contributed by atoms with Gasteiger partial charge in [0.25, 0.3) is 0 Å². The number of rotatable bonds is 0. The summed E-state index contributed by atoms with van der Waals surface area (Å²) in [7, 11) is 0. The Morgan fingerprint density at radius 3 is 2.68 bits per heavy atom. The maximum Gasteiger partial charge on any atom is 0.177 e. The molecule has 0 saturated carbocycles. The van der Waals surface area contributed by atoms with Gasteiger partial charge in [-0.1, -0.05) is 11.6 Å². The highest BCUT2D eigenvalue weighted by molar-refractivity contribution is 8.93. The number of nitrogens with zero attached hydrogens (tertiary/aromatic N) is 1. The Labute approximate surface area is 126 Å². The van der Waals surface area contributed by atoms with Crippen LogP contribution in [0.15, 0.2) is 12.3 Å². The topological polar surface area (TPSA) is 65.4 Å². The summed E-state index contributed by atoms with van der Waals surface area (Å²) < 4.78 is 0. The Morgan fingerprint density at radius 1 is 1.32 bits per heavy atom. The van der Waals surface area contributed by atoms with E-state index in [1.807, 2.05) is 13.8 Å². The molecule has 0 aliphatic carbocycles. The number of hydrogen-bond acceptors (Lipinski definition) is 4. The molecule has 0 bridgehead atoms. The van der Waals surface area contributed by atoms with Crippen LogP contribution in [-0.4, -0.2) is 15.2 Å². The van der Waals surface area contributed by atoms with Gasteiger partial charge in [0, 0.05) is 18.3 Å². The van der Waals surface area contributed by atoms with E-state index in [1.165, 1.54) is 0 Å². The van der Waals surface area contributed by atoms with Crippen molar-refractivity contribution in [2.75, 3.05) is 0 Å². The van der Waals surface area contributed by atoms with Gasteiger partial charge in [-0.2, -0.15) is 0 Å². The third-order valence-electron chi connectivity index (χ3n) is 3.48. The van der Waals surface area contributed by atoms with Crippen molar-refractivity contribution in [1.29, 1.82) is 0 Å². The first-order chi connectivity index (χ1) is 8.42. The minimum atomic E-state index is -0.290. The normalized spacial score (nSPS) is 16.2. The number of phenolic OH excluding ortho intramolecular Hbond substituents is 2. The average molecular weight is 346 g/mol.